The topological polar surface area (TPSA) is 69.7 Å². The fourth-order valence-corrected chi connectivity index (χ4v) is 5.04. The highest BCUT2D eigenvalue weighted by Gasteiger charge is 2.34. The Hall–Kier alpha value is -2.43. The molecule has 10 heteroatoms. The maximum absolute atomic E-state index is 12.8. The quantitative estimate of drug-likeness (QED) is 0.705. The number of alkyl halides is 3. The van der Waals surface area contributed by atoms with Crippen LogP contribution in [0.2, 0.25) is 0 Å². The third-order valence-corrected chi connectivity index (χ3v) is 7.59. The van der Waals surface area contributed by atoms with E-state index in [9.17, 15) is 26.4 Å². The third kappa shape index (κ3) is 5.48. The Bertz CT molecular complexity index is 1020. The predicted molar refractivity (Wildman–Crippen MR) is 114 cm³/mol. The van der Waals surface area contributed by atoms with Crippen molar-refractivity contribution in [2.24, 2.45) is 0 Å². The molecule has 0 radical (unpaired) electrons. The number of nitrogens with one attached hydrogen (secondary N) is 1. The lowest BCUT2D eigenvalue weighted by molar-refractivity contribution is -0.137. The molecule has 3 rings (SSSR count). The minimum atomic E-state index is -4.53. The van der Waals surface area contributed by atoms with Crippen LogP contribution in [-0.2, 0) is 21.0 Å². The first-order valence-electron chi connectivity index (χ1n) is 10.3. The predicted octanol–water partition coefficient (Wildman–Crippen LogP) is 3.28. The van der Waals surface area contributed by atoms with Gasteiger partial charge in [-0.1, -0.05) is 30.3 Å². The number of hydrogen-bond acceptors (Lipinski definition) is 4. The van der Waals surface area contributed by atoms with Gasteiger partial charge < -0.3 is 5.32 Å². The van der Waals surface area contributed by atoms with Crippen molar-refractivity contribution in [2.75, 3.05) is 26.2 Å². The summed E-state index contributed by atoms with van der Waals surface area (Å²) in [6.45, 7) is 4.65. The molecule has 2 aromatic rings. The first-order chi connectivity index (χ1) is 15.0. The Labute approximate surface area is 186 Å². The largest absolute Gasteiger partial charge is 0.416 e. The van der Waals surface area contributed by atoms with Crippen molar-refractivity contribution in [3.8, 4) is 0 Å². The van der Waals surface area contributed by atoms with Crippen molar-refractivity contribution in [1.82, 2.24) is 14.5 Å². The lowest BCUT2D eigenvalue weighted by Crippen LogP contribution is -2.55. The number of benzene rings is 2. The summed E-state index contributed by atoms with van der Waals surface area (Å²) < 4.78 is 65.1. The molecule has 174 valence electrons. The van der Waals surface area contributed by atoms with Gasteiger partial charge in [-0.05, 0) is 43.7 Å². The molecule has 32 heavy (non-hydrogen) atoms. The first-order valence-corrected chi connectivity index (χ1v) is 11.7. The summed E-state index contributed by atoms with van der Waals surface area (Å²) >= 11 is 0. The van der Waals surface area contributed by atoms with Crippen LogP contribution in [0.4, 0.5) is 13.2 Å². The van der Waals surface area contributed by atoms with E-state index in [1.165, 1.54) is 4.31 Å². The lowest BCUT2D eigenvalue weighted by atomic mass is 10.1. The molecule has 0 aromatic heterocycles. The van der Waals surface area contributed by atoms with E-state index in [0.29, 0.717) is 13.1 Å². The molecule has 1 saturated heterocycles. The Morgan fingerprint density at radius 3 is 2.03 bits per heavy atom. The number of carbonyl (C=O) groups is 1. The summed E-state index contributed by atoms with van der Waals surface area (Å²) in [5.74, 6) is -0.152. The molecule has 1 N–H and O–H groups in total. The molecule has 1 heterocycles. The number of piperazine rings is 1. The van der Waals surface area contributed by atoms with Crippen LogP contribution in [0, 0.1) is 0 Å². The van der Waals surface area contributed by atoms with Gasteiger partial charge in [-0.15, -0.1) is 0 Å². The minimum Gasteiger partial charge on any atom is -0.348 e. The number of nitrogens with zero attached hydrogens (tertiary/aromatic N) is 2. The van der Waals surface area contributed by atoms with Crippen LogP contribution in [0.25, 0.3) is 0 Å². The molecule has 0 saturated carbocycles. The molecule has 0 aliphatic carbocycles. The molecule has 1 aliphatic rings. The van der Waals surface area contributed by atoms with E-state index in [1.54, 1.807) is 6.92 Å². The Balaban J connectivity index is 1.58. The van der Waals surface area contributed by atoms with Gasteiger partial charge in [0.25, 0.3) is 0 Å². The lowest BCUT2D eigenvalue weighted by Gasteiger charge is -2.37. The average Bonchev–Trinajstić information content (AvgIpc) is 2.78. The monoisotopic (exact) mass is 469 g/mol. The van der Waals surface area contributed by atoms with Crippen molar-refractivity contribution in [2.45, 2.75) is 37.0 Å². The minimum absolute atomic E-state index is 0.148. The number of carbonyl (C=O) groups excluding carboxylic acids is 1. The van der Waals surface area contributed by atoms with Gasteiger partial charge in [0.15, 0.2) is 0 Å². The van der Waals surface area contributed by atoms with E-state index in [2.05, 4.69) is 5.32 Å². The summed E-state index contributed by atoms with van der Waals surface area (Å²) in [6, 6.07) is 12.4. The van der Waals surface area contributed by atoms with Crippen LogP contribution < -0.4 is 5.32 Å². The van der Waals surface area contributed by atoms with Crippen LogP contribution in [0.1, 0.15) is 31.0 Å². The molecule has 1 amide bonds. The molecule has 1 aliphatic heterocycles. The smallest absolute Gasteiger partial charge is 0.348 e. The zero-order chi connectivity index (χ0) is 23.5. The molecule has 0 spiro atoms. The highest BCUT2D eigenvalue weighted by Crippen LogP contribution is 2.30. The number of rotatable bonds is 6. The van der Waals surface area contributed by atoms with Crippen molar-refractivity contribution < 1.29 is 26.4 Å². The number of hydrogen-bond donors (Lipinski definition) is 1. The van der Waals surface area contributed by atoms with E-state index in [1.807, 2.05) is 42.2 Å². The second-order valence-corrected chi connectivity index (χ2v) is 9.72. The molecule has 6 nitrogen and oxygen atoms in total. The van der Waals surface area contributed by atoms with Crippen LogP contribution in [0.5, 0.6) is 0 Å². The summed E-state index contributed by atoms with van der Waals surface area (Å²) in [7, 11) is -3.91. The molecular formula is C22H26F3N3O3S. The second kappa shape index (κ2) is 9.60. The molecule has 2 atom stereocenters. The van der Waals surface area contributed by atoms with Crippen molar-refractivity contribution in [1.29, 1.82) is 0 Å². The third-order valence-electron chi connectivity index (χ3n) is 5.68. The molecule has 1 fully saturated rings. The van der Waals surface area contributed by atoms with Gasteiger partial charge in [0.1, 0.15) is 0 Å². The standard InChI is InChI=1S/C22H26F3N3O3S/c1-16(18-6-4-3-5-7-18)26-21(29)17(2)27-12-14-28(15-13-27)32(30,31)20-10-8-19(9-11-20)22(23,24)25/h3-11,16-17H,12-15H2,1-2H3,(H,26,29). The van der Waals surface area contributed by atoms with E-state index >= 15 is 0 Å². The SMILES string of the molecule is CC(NC(=O)C(C)N1CCN(S(=O)(=O)c2ccc(C(F)(F)F)cc2)CC1)c1ccccc1. The number of amides is 1. The Morgan fingerprint density at radius 2 is 1.50 bits per heavy atom. The fourth-order valence-electron chi connectivity index (χ4n) is 3.62. The van der Waals surface area contributed by atoms with Gasteiger partial charge in [0.05, 0.1) is 22.5 Å². The summed E-state index contributed by atoms with van der Waals surface area (Å²) in [5, 5.41) is 2.97. The van der Waals surface area contributed by atoms with Gasteiger partial charge in [-0.2, -0.15) is 17.5 Å². The van der Waals surface area contributed by atoms with Gasteiger partial charge in [0, 0.05) is 26.2 Å². The van der Waals surface area contributed by atoms with Gasteiger partial charge in [-0.25, -0.2) is 8.42 Å². The molecule has 0 bridgehead atoms. The first kappa shape index (κ1) is 24.2. The van der Waals surface area contributed by atoms with Gasteiger partial charge >= 0.3 is 6.18 Å². The highest BCUT2D eigenvalue weighted by atomic mass is 32.2. The molecular weight excluding hydrogens is 443 g/mol. The van der Waals surface area contributed by atoms with Gasteiger partial charge in [0.2, 0.25) is 15.9 Å². The second-order valence-electron chi connectivity index (χ2n) is 7.78. The summed E-state index contributed by atoms with van der Waals surface area (Å²) in [6.07, 6.45) is -4.53. The summed E-state index contributed by atoms with van der Waals surface area (Å²) in [5.41, 5.74) is 0.0892. The highest BCUT2D eigenvalue weighted by molar-refractivity contribution is 7.89. The van der Waals surface area contributed by atoms with Crippen LogP contribution in [0.15, 0.2) is 59.5 Å². The molecule has 2 unspecified atom stereocenters. The van der Waals surface area contributed by atoms with Crippen molar-refractivity contribution >= 4 is 15.9 Å². The van der Waals surface area contributed by atoms with Crippen molar-refractivity contribution in [3.63, 3.8) is 0 Å². The Morgan fingerprint density at radius 1 is 0.938 bits per heavy atom. The average molecular weight is 470 g/mol. The number of halogens is 3. The van der Waals surface area contributed by atoms with Crippen LogP contribution in [0.3, 0.4) is 0 Å². The van der Waals surface area contributed by atoms with Gasteiger partial charge in [-0.3, -0.25) is 9.69 Å². The van der Waals surface area contributed by atoms with Crippen molar-refractivity contribution in [3.05, 3.63) is 65.7 Å². The molecule has 2 aromatic carbocycles. The van der Waals surface area contributed by atoms with E-state index in [4.69, 9.17) is 0 Å². The maximum Gasteiger partial charge on any atom is 0.416 e. The normalized spacial score (nSPS) is 18.2. The number of sulfonamides is 1. The fraction of sp³-hybridized carbons (Fsp3) is 0.409. The van der Waals surface area contributed by atoms with E-state index in [-0.39, 0.29) is 29.9 Å². The summed E-state index contributed by atoms with van der Waals surface area (Å²) in [4.78, 5) is 14.4. The maximum atomic E-state index is 12.8. The van der Waals surface area contributed by atoms with E-state index < -0.39 is 27.8 Å². The van der Waals surface area contributed by atoms with Crippen LogP contribution >= 0.6 is 0 Å². The zero-order valence-electron chi connectivity index (χ0n) is 17.8. The van der Waals surface area contributed by atoms with E-state index in [0.717, 1.165) is 29.8 Å². The Kier molecular flexibility index (Phi) is 7.26. The zero-order valence-corrected chi connectivity index (χ0v) is 18.7. The van der Waals surface area contributed by atoms with Crippen LogP contribution in [-0.4, -0.2) is 55.8 Å².